The lowest BCUT2D eigenvalue weighted by Crippen LogP contribution is -2.63. The fourth-order valence-corrected chi connectivity index (χ4v) is 6.32. The Hall–Kier alpha value is -2.95. The molecule has 3 aromatic rings. The lowest BCUT2D eigenvalue weighted by molar-refractivity contribution is -0.211. The highest BCUT2D eigenvalue weighted by molar-refractivity contribution is 6.35. The van der Waals surface area contributed by atoms with Gasteiger partial charge in [0.05, 0.1) is 24.9 Å². The lowest BCUT2D eigenvalue weighted by atomic mass is 9.91. The first-order valence-electron chi connectivity index (χ1n) is 13.6. The minimum atomic E-state index is -1.53. The van der Waals surface area contributed by atoms with Gasteiger partial charge in [-0.05, 0) is 30.3 Å². The average Bonchev–Trinajstić information content (AvgIpc) is 3.62. The highest BCUT2D eigenvalue weighted by Gasteiger charge is 2.52. The summed E-state index contributed by atoms with van der Waals surface area (Å²) in [6.07, 6.45) is -5.55. The fraction of sp³-hybridized carbons (Fsp3) is 0.429. The van der Waals surface area contributed by atoms with Crippen molar-refractivity contribution in [2.24, 2.45) is 0 Å². The van der Waals surface area contributed by atoms with Gasteiger partial charge in [-0.2, -0.15) is 0 Å². The number of hydrogen-bond donors (Lipinski definition) is 3. The van der Waals surface area contributed by atoms with Gasteiger partial charge in [-0.25, -0.2) is 13.5 Å². The summed E-state index contributed by atoms with van der Waals surface area (Å²) in [5.74, 6) is -3.13. The van der Waals surface area contributed by atoms with Crippen LogP contribution in [0.25, 0.3) is 11.3 Å². The predicted molar refractivity (Wildman–Crippen MR) is 158 cm³/mol. The van der Waals surface area contributed by atoms with Gasteiger partial charge in [0.15, 0.2) is 6.10 Å². The summed E-state index contributed by atoms with van der Waals surface area (Å²) in [4.78, 5) is 29.2. The van der Waals surface area contributed by atoms with Crippen LogP contribution in [-0.2, 0) is 19.1 Å². The third-order valence-electron chi connectivity index (χ3n) is 7.88. The molecule has 5 unspecified atom stereocenters. The molecule has 3 heterocycles. The maximum Gasteiger partial charge on any atom is 0.259 e. The number of aromatic nitrogens is 3. The number of anilines is 1. The Bertz CT molecular complexity index is 1560. The van der Waals surface area contributed by atoms with Crippen molar-refractivity contribution in [2.45, 2.75) is 49.5 Å². The second-order valence-corrected chi connectivity index (χ2v) is 11.9. The summed E-state index contributed by atoms with van der Waals surface area (Å²) < 4.78 is 41.1. The molecule has 45 heavy (non-hydrogen) atoms. The minimum absolute atomic E-state index is 0.00300. The first-order chi connectivity index (χ1) is 21.3. The first-order valence-corrected chi connectivity index (χ1v) is 14.7. The van der Waals surface area contributed by atoms with Crippen LogP contribution in [-0.4, -0.2) is 110 Å². The molecule has 17 heteroatoms. The molecular formula is C28H28Cl3F2N5O7. The molecule has 242 valence electrons. The Morgan fingerprint density at radius 3 is 2.29 bits per heavy atom. The van der Waals surface area contributed by atoms with Crippen molar-refractivity contribution in [3.05, 3.63) is 63.2 Å². The van der Waals surface area contributed by atoms with E-state index in [1.165, 1.54) is 48.2 Å². The molecule has 2 saturated heterocycles. The summed E-state index contributed by atoms with van der Waals surface area (Å²) >= 11 is 18.1. The van der Waals surface area contributed by atoms with Gasteiger partial charge < -0.3 is 34.6 Å². The van der Waals surface area contributed by atoms with E-state index < -0.39 is 71.8 Å². The SMILES string of the molecule is COC1C(C(=O)N(c2cc(Cl)cc(Cl)c2)[C@H]2CN(C(C)=O)C[C@@H]2O)OC(CO)C(O)C1n1cc(-c2cc(F)c(Cl)c(F)c2)nn1. The second-order valence-electron chi connectivity index (χ2n) is 10.7. The maximum atomic E-state index is 14.5. The predicted octanol–water partition coefficient (Wildman–Crippen LogP) is 2.49. The van der Waals surface area contributed by atoms with E-state index in [-0.39, 0.29) is 46.0 Å². The van der Waals surface area contributed by atoms with Crippen molar-refractivity contribution in [3.8, 4) is 11.3 Å². The topological polar surface area (TPSA) is 150 Å². The summed E-state index contributed by atoms with van der Waals surface area (Å²) in [6, 6.07) is 4.08. The molecule has 0 bridgehead atoms. The van der Waals surface area contributed by atoms with Gasteiger partial charge in [0.1, 0.15) is 46.7 Å². The number of hydrogen-bond acceptors (Lipinski definition) is 9. The van der Waals surface area contributed by atoms with Gasteiger partial charge in [-0.3, -0.25) is 9.59 Å². The normalized spacial score (nSPS) is 26.7. The fourth-order valence-electron chi connectivity index (χ4n) is 5.70. The van der Waals surface area contributed by atoms with Crippen LogP contribution in [0.1, 0.15) is 13.0 Å². The van der Waals surface area contributed by atoms with Crippen LogP contribution < -0.4 is 4.90 Å². The maximum absolute atomic E-state index is 14.5. The monoisotopic (exact) mass is 689 g/mol. The first kappa shape index (κ1) is 33.4. The Balaban J connectivity index is 1.56. The number of ether oxygens (including phenoxy) is 2. The second kappa shape index (κ2) is 13.4. The summed E-state index contributed by atoms with van der Waals surface area (Å²) in [5.41, 5.74) is 0.190. The van der Waals surface area contributed by atoms with Crippen LogP contribution in [0.15, 0.2) is 36.5 Å². The molecule has 0 saturated carbocycles. The molecule has 2 fully saturated rings. The highest BCUT2D eigenvalue weighted by atomic mass is 35.5. The van der Waals surface area contributed by atoms with Crippen molar-refractivity contribution in [1.29, 1.82) is 0 Å². The number of β-amino-alcohol motifs (C(OH)–C–C–N with tert-alkyl or cyclic N) is 1. The van der Waals surface area contributed by atoms with Crippen LogP contribution in [0.2, 0.25) is 15.1 Å². The van der Waals surface area contributed by atoms with Gasteiger partial charge >= 0.3 is 0 Å². The van der Waals surface area contributed by atoms with Crippen molar-refractivity contribution in [2.75, 3.05) is 31.7 Å². The molecule has 7 atom stereocenters. The highest BCUT2D eigenvalue weighted by Crippen LogP contribution is 2.37. The van der Waals surface area contributed by atoms with E-state index in [4.69, 9.17) is 44.3 Å². The molecule has 2 aliphatic heterocycles. The number of carbonyl (C=O) groups excluding carboxylic acids is 2. The third-order valence-corrected chi connectivity index (χ3v) is 8.67. The molecule has 2 amide bonds. The molecule has 3 N–H and O–H groups in total. The zero-order valence-corrected chi connectivity index (χ0v) is 26.0. The van der Waals surface area contributed by atoms with E-state index in [1.807, 2.05) is 0 Å². The molecule has 12 nitrogen and oxygen atoms in total. The zero-order valence-electron chi connectivity index (χ0n) is 23.7. The van der Waals surface area contributed by atoms with E-state index in [0.717, 1.165) is 16.8 Å². The van der Waals surface area contributed by atoms with Crippen LogP contribution in [0, 0.1) is 11.6 Å². The molecule has 0 radical (unpaired) electrons. The number of carbonyl (C=O) groups is 2. The molecule has 2 aliphatic rings. The van der Waals surface area contributed by atoms with Gasteiger partial charge in [-0.1, -0.05) is 40.0 Å². The lowest BCUT2D eigenvalue weighted by Gasteiger charge is -2.45. The van der Waals surface area contributed by atoms with Crippen LogP contribution >= 0.6 is 34.8 Å². The van der Waals surface area contributed by atoms with Crippen LogP contribution in [0.3, 0.4) is 0 Å². The number of aliphatic hydroxyl groups is 3. The van der Waals surface area contributed by atoms with Gasteiger partial charge in [0.2, 0.25) is 5.91 Å². The Morgan fingerprint density at radius 1 is 1.09 bits per heavy atom. The standard InChI is InChI=1S/C28H28Cl3F2N5O7/c1-12(40)36-9-20(21(41)10-36)38(16-6-14(29)5-15(30)7-16)28(43)27-26(44-2)24(25(42)22(11-39)45-27)37-8-19(34-35-37)13-3-17(32)23(31)18(33)4-13/h3-8,20-22,24-27,39,41-42H,9-11H2,1-2H3/t20-,21-,22?,24?,25?,26?,27?/m0/s1. The minimum Gasteiger partial charge on any atom is -0.394 e. The number of methoxy groups -OCH3 is 1. The number of likely N-dealkylation sites (tertiary alicyclic amines) is 1. The number of benzene rings is 2. The Kier molecular flexibility index (Phi) is 9.96. The smallest absolute Gasteiger partial charge is 0.259 e. The van der Waals surface area contributed by atoms with E-state index in [0.29, 0.717) is 0 Å². The average molecular weight is 691 g/mol. The van der Waals surface area contributed by atoms with Crippen molar-refractivity contribution >= 4 is 52.3 Å². The molecule has 0 aliphatic carbocycles. The van der Waals surface area contributed by atoms with Crippen molar-refractivity contribution in [1.82, 2.24) is 19.9 Å². The molecule has 0 spiro atoms. The Morgan fingerprint density at radius 2 is 1.73 bits per heavy atom. The summed E-state index contributed by atoms with van der Waals surface area (Å²) in [7, 11) is 1.26. The number of aliphatic hydroxyl groups excluding tert-OH is 3. The van der Waals surface area contributed by atoms with Crippen LogP contribution in [0.4, 0.5) is 14.5 Å². The van der Waals surface area contributed by atoms with Crippen LogP contribution in [0.5, 0.6) is 0 Å². The number of nitrogens with zero attached hydrogens (tertiary/aromatic N) is 5. The van der Waals surface area contributed by atoms with Gasteiger partial charge in [0.25, 0.3) is 5.91 Å². The van der Waals surface area contributed by atoms with E-state index >= 15 is 0 Å². The quantitative estimate of drug-likeness (QED) is 0.318. The van der Waals surface area contributed by atoms with E-state index in [9.17, 15) is 33.7 Å². The van der Waals surface area contributed by atoms with Crippen molar-refractivity contribution < 1.29 is 43.2 Å². The number of amides is 2. The Labute approximate surface area is 270 Å². The van der Waals surface area contributed by atoms with Crippen molar-refractivity contribution in [3.63, 3.8) is 0 Å². The third kappa shape index (κ3) is 6.51. The molecule has 5 rings (SSSR count). The molecular weight excluding hydrogens is 663 g/mol. The number of rotatable bonds is 7. The molecule has 1 aromatic heterocycles. The number of halogens is 5. The summed E-state index contributed by atoms with van der Waals surface area (Å²) in [6.45, 7) is 0.526. The largest absolute Gasteiger partial charge is 0.394 e. The summed E-state index contributed by atoms with van der Waals surface area (Å²) in [5, 5.41) is 40.0. The van der Waals surface area contributed by atoms with E-state index in [1.54, 1.807) is 0 Å². The van der Waals surface area contributed by atoms with Gasteiger partial charge in [0, 0.05) is 48.4 Å². The zero-order chi connectivity index (χ0) is 32.7. The van der Waals surface area contributed by atoms with E-state index in [2.05, 4.69) is 10.3 Å². The van der Waals surface area contributed by atoms with Gasteiger partial charge in [-0.15, -0.1) is 5.10 Å². The molecule has 2 aromatic carbocycles.